The summed E-state index contributed by atoms with van der Waals surface area (Å²) in [6.45, 7) is 1.21. The van der Waals surface area contributed by atoms with Crippen molar-refractivity contribution in [3.63, 3.8) is 0 Å². The van der Waals surface area contributed by atoms with E-state index in [1.165, 1.54) is 29.2 Å². The molecule has 28 heavy (non-hydrogen) atoms. The standard InChI is InChI=1S/C19H22N2O6S/c1-3-26-16-9-11-17(12-10-16)28(24,25)20-13-19(23)27-14-18(22)21(2)15-7-5-4-6-8-15/h4-12,20H,3,13-14H2,1-2H3. The molecule has 0 atom stereocenters. The number of para-hydroxylation sites is 1. The minimum absolute atomic E-state index is 0.0105. The van der Waals surface area contributed by atoms with Crippen molar-refractivity contribution in [2.45, 2.75) is 11.8 Å². The number of sulfonamides is 1. The highest BCUT2D eigenvalue weighted by molar-refractivity contribution is 7.89. The molecule has 0 fully saturated rings. The summed E-state index contributed by atoms with van der Waals surface area (Å²) >= 11 is 0. The molecule has 2 aromatic carbocycles. The summed E-state index contributed by atoms with van der Waals surface area (Å²) in [7, 11) is -2.33. The number of nitrogens with one attached hydrogen (secondary N) is 1. The van der Waals surface area contributed by atoms with E-state index in [0.29, 0.717) is 18.0 Å². The summed E-state index contributed by atoms with van der Waals surface area (Å²) in [6, 6.07) is 14.6. The van der Waals surface area contributed by atoms with E-state index < -0.39 is 35.1 Å². The summed E-state index contributed by atoms with van der Waals surface area (Å²) in [5, 5.41) is 0. The first-order valence-corrected chi connectivity index (χ1v) is 10.0. The fourth-order valence-electron chi connectivity index (χ4n) is 2.20. The van der Waals surface area contributed by atoms with Gasteiger partial charge in [-0.3, -0.25) is 9.59 Å². The zero-order chi connectivity index (χ0) is 20.6. The molecule has 0 aromatic heterocycles. The molecule has 0 bridgehead atoms. The van der Waals surface area contributed by atoms with Gasteiger partial charge in [-0.2, -0.15) is 4.72 Å². The van der Waals surface area contributed by atoms with E-state index in [0.717, 1.165) is 0 Å². The lowest BCUT2D eigenvalue weighted by molar-refractivity contribution is -0.146. The summed E-state index contributed by atoms with van der Waals surface area (Å²) in [5.41, 5.74) is 0.653. The van der Waals surface area contributed by atoms with Crippen LogP contribution in [0.1, 0.15) is 6.92 Å². The number of anilines is 1. The number of likely N-dealkylation sites (N-methyl/N-ethyl adjacent to an activating group) is 1. The Labute approximate surface area is 164 Å². The third-order valence-electron chi connectivity index (χ3n) is 3.73. The third kappa shape index (κ3) is 6.07. The number of esters is 1. The number of amides is 1. The monoisotopic (exact) mass is 406 g/mol. The van der Waals surface area contributed by atoms with Crippen molar-refractivity contribution in [3.8, 4) is 5.75 Å². The highest BCUT2D eigenvalue weighted by atomic mass is 32.2. The van der Waals surface area contributed by atoms with Gasteiger partial charge in [0.25, 0.3) is 5.91 Å². The van der Waals surface area contributed by atoms with Crippen LogP contribution < -0.4 is 14.4 Å². The normalized spacial score (nSPS) is 10.9. The number of carbonyl (C=O) groups is 2. The second-order valence-corrected chi connectivity index (χ2v) is 7.44. The second-order valence-electron chi connectivity index (χ2n) is 5.68. The van der Waals surface area contributed by atoms with Gasteiger partial charge in [0.1, 0.15) is 12.3 Å². The van der Waals surface area contributed by atoms with Crippen molar-refractivity contribution >= 4 is 27.6 Å². The molecule has 0 spiro atoms. The fraction of sp³-hybridized carbons (Fsp3) is 0.263. The molecule has 0 saturated carbocycles. The quantitative estimate of drug-likeness (QED) is 0.634. The largest absolute Gasteiger partial charge is 0.494 e. The molecule has 0 aliphatic rings. The maximum Gasteiger partial charge on any atom is 0.321 e. The first-order chi connectivity index (χ1) is 13.3. The smallest absolute Gasteiger partial charge is 0.321 e. The van der Waals surface area contributed by atoms with Crippen molar-refractivity contribution in [1.82, 2.24) is 4.72 Å². The van der Waals surface area contributed by atoms with Crippen molar-refractivity contribution in [1.29, 1.82) is 0 Å². The van der Waals surface area contributed by atoms with Crippen LogP contribution in [0.2, 0.25) is 0 Å². The van der Waals surface area contributed by atoms with E-state index in [9.17, 15) is 18.0 Å². The highest BCUT2D eigenvalue weighted by Crippen LogP contribution is 2.15. The lowest BCUT2D eigenvalue weighted by Crippen LogP contribution is -2.34. The van der Waals surface area contributed by atoms with Crippen molar-refractivity contribution in [3.05, 3.63) is 54.6 Å². The Balaban J connectivity index is 1.83. The van der Waals surface area contributed by atoms with Crippen LogP contribution in [0.3, 0.4) is 0 Å². The Hall–Kier alpha value is -2.91. The van der Waals surface area contributed by atoms with Crippen LogP contribution in [-0.2, 0) is 24.3 Å². The summed E-state index contributed by atoms with van der Waals surface area (Å²) in [6.07, 6.45) is 0. The Morgan fingerprint density at radius 3 is 2.29 bits per heavy atom. The number of rotatable bonds is 9. The van der Waals surface area contributed by atoms with Crippen molar-refractivity contribution in [2.24, 2.45) is 0 Å². The lowest BCUT2D eigenvalue weighted by Gasteiger charge is -2.17. The zero-order valence-corrected chi connectivity index (χ0v) is 16.4. The lowest BCUT2D eigenvalue weighted by atomic mass is 10.3. The average molecular weight is 406 g/mol. The number of ether oxygens (including phenoxy) is 2. The molecular formula is C19H22N2O6S. The molecule has 150 valence electrons. The van der Waals surface area contributed by atoms with Crippen molar-refractivity contribution < 1.29 is 27.5 Å². The van der Waals surface area contributed by atoms with Crippen LogP contribution in [0, 0.1) is 0 Å². The third-order valence-corrected chi connectivity index (χ3v) is 5.14. The minimum Gasteiger partial charge on any atom is -0.494 e. The van der Waals surface area contributed by atoms with Gasteiger partial charge in [-0.05, 0) is 43.3 Å². The van der Waals surface area contributed by atoms with Crippen LogP contribution in [0.5, 0.6) is 5.75 Å². The van der Waals surface area contributed by atoms with Crippen LogP contribution in [0.4, 0.5) is 5.69 Å². The number of benzene rings is 2. The molecule has 1 N–H and O–H groups in total. The van der Waals surface area contributed by atoms with Gasteiger partial charge in [0.2, 0.25) is 10.0 Å². The van der Waals surface area contributed by atoms with Crippen LogP contribution in [-0.4, -0.2) is 47.1 Å². The number of carbonyl (C=O) groups excluding carboxylic acids is 2. The molecule has 0 aliphatic heterocycles. The molecule has 0 radical (unpaired) electrons. The molecule has 1 amide bonds. The Kier molecular flexibility index (Phi) is 7.53. The highest BCUT2D eigenvalue weighted by Gasteiger charge is 2.18. The van der Waals surface area contributed by atoms with E-state index in [2.05, 4.69) is 4.72 Å². The van der Waals surface area contributed by atoms with Gasteiger partial charge in [-0.25, -0.2) is 8.42 Å². The zero-order valence-electron chi connectivity index (χ0n) is 15.6. The van der Waals surface area contributed by atoms with Gasteiger partial charge in [0.05, 0.1) is 11.5 Å². The van der Waals surface area contributed by atoms with E-state index in [1.807, 2.05) is 13.0 Å². The molecule has 9 heteroatoms. The topological polar surface area (TPSA) is 102 Å². The van der Waals surface area contributed by atoms with Gasteiger partial charge >= 0.3 is 5.97 Å². The Morgan fingerprint density at radius 1 is 1.04 bits per heavy atom. The van der Waals surface area contributed by atoms with Crippen LogP contribution in [0.15, 0.2) is 59.5 Å². The van der Waals surface area contributed by atoms with Crippen LogP contribution >= 0.6 is 0 Å². The van der Waals surface area contributed by atoms with Gasteiger partial charge < -0.3 is 14.4 Å². The Morgan fingerprint density at radius 2 is 1.68 bits per heavy atom. The van der Waals surface area contributed by atoms with E-state index in [1.54, 1.807) is 31.3 Å². The first-order valence-electron chi connectivity index (χ1n) is 8.53. The maximum atomic E-state index is 12.2. The molecule has 2 aromatic rings. The molecule has 8 nitrogen and oxygen atoms in total. The number of hydrogen-bond donors (Lipinski definition) is 1. The molecule has 0 aliphatic carbocycles. The number of nitrogens with zero attached hydrogens (tertiary/aromatic N) is 1. The van der Waals surface area contributed by atoms with Crippen LogP contribution in [0.25, 0.3) is 0 Å². The minimum atomic E-state index is -3.89. The fourth-order valence-corrected chi connectivity index (χ4v) is 3.17. The average Bonchev–Trinajstić information content (AvgIpc) is 2.71. The molecule has 0 unspecified atom stereocenters. The van der Waals surface area contributed by atoms with Gasteiger partial charge in [0.15, 0.2) is 6.61 Å². The summed E-state index contributed by atoms with van der Waals surface area (Å²) in [5.74, 6) is -0.750. The van der Waals surface area contributed by atoms with E-state index >= 15 is 0 Å². The van der Waals surface area contributed by atoms with Gasteiger partial charge in [-0.15, -0.1) is 0 Å². The Bertz CT molecular complexity index is 898. The maximum absolute atomic E-state index is 12.2. The van der Waals surface area contributed by atoms with Gasteiger partial charge in [-0.1, -0.05) is 18.2 Å². The summed E-state index contributed by atoms with van der Waals surface area (Å²) in [4.78, 5) is 25.2. The molecule has 0 saturated heterocycles. The predicted molar refractivity (Wildman–Crippen MR) is 104 cm³/mol. The second kappa shape index (κ2) is 9.86. The summed E-state index contributed by atoms with van der Waals surface area (Å²) < 4.78 is 36.7. The number of hydrogen-bond acceptors (Lipinski definition) is 6. The van der Waals surface area contributed by atoms with E-state index in [4.69, 9.17) is 9.47 Å². The molecule has 2 rings (SSSR count). The SMILES string of the molecule is CCOc1ccc(S(=O)(=O)NCC(=O)OCC(=O)N(C)c2ccccc2)cc1. The van der Waals surface area contributed by atoms with E-state index in [-0.39, 0.29) is 4.90 Å². The van der Waals surface area contributed by atoms with Crippen molar-refractivity contribution in [2.75, 3.05) is 31.7 Å². The molecular weight excluding hydrogens is 384 g/mol. The first kappa shape index (κ1) is 21.4. The molecule has 0 heterocycles. The van der Waals surface area contributed by atoms with Gasteiger partial charge in [0, 0.05) is 12.7 Å². The predicted octanol–water partition coefficient (Wildman–Crippen LogP) is 1.57.